The summed E-state index contributed by atoms with van der Waals surface area (Å²) in [7, 11) is 3.16. The summed E-state index contributed by atoms with van der Waals surface area (Å²) in [6, 6.07) is 3.51. The van der Waals surface area contributed by atoms with Crippen molar-refractivity contribution >= 4 is 28.9 Å². The number of hydrogen-bond acceptors (Lipinski definition) is 3. The van der Waals surface area contributed by atoms with Crippen molar-refractivity contribution in [1.29, 1.82) is 0 Å². The van der Waals surface area contributed by atoms with E-state index in [2.05, 4.69) is 5.32 Å². The number of methoxy groups -OCH3 is 2. The van der Waals surface area contributed by atoms with Gasteiger partial charge in [0, 0.05) is 18.1 Å². The Morgan fingerprint density at radius 3 is 2.47 bits per heavy atom. The van der Waals surface area contributed by atoms with E-state index in [0.29, 0.717) is 23.1 Å². The van der Waals surface area contributed by atoms with Crippen molar-refractivity contribution in [2.24, 2.45) is 0 Å². The normalized spacial score (nSPS) is 11.2. The summed E-state index contributed by atoms with van der Waals surface area (Å²) in [4.78, 5) is 0. The van der Waals surface area contributed by atoms with Gasteiger partial charge in [0.15, 0.2) is 0 Å². The van der Waals surface area contributed by atoms with Gasteiger partial charge in [0.05, 0.1) is 24.9 Å². The van der Waals surface area contributed by atoms with E-state index in [9.17, 15) is 0 Å². The van der Waals surface area contributed by atoms with E-state index in [1.807, 2.05) is 6.92 Å². The van der Waals surface area contributed by atoms with Gasteiger partial charge in [0.25, 0.3) is 0 Å². The third kappa shape index (κ3) is 3.72. The van der Waals surface area contributed by atoms with Crippen molar-refractivity contribution in [2.45, 2.75) is 6.92 Å². The van der Waals surface area contributed by atoms with Crippen LogP contribution in [0.25, 0.3) is 0 Å². The average molecular weight is 276 g/mol. The second kappa shape index (κ2) is 6.62. The fourth-order valence-corrected chi connectivity index (χ4v) is 1.59. The van der Waals surface area contributed by atoms with Gasteiger partial charge < -0.3 is 14.8 Å². The zero-order valence-corrected chi connectivity index (χ0v) is 11.5. The van der Waals surface area contributed by atoms with Crippen molar-refractivity contribution in [3.05, 3.63) is 28.3 Å². The molecule has 0 spiro atoms. The van der Waals surface area contributed by atoms with Crippen LogP contribution >= 0.6 is 23.2 Å². The Balaban J connectivity index is 2.94. The Hall–Kier alpha value is -1.06. The van der Waals surface area contributed by atoms with Crippen LogP contribution in [0.15, 0.2) is 23.2 Å². The highest BCUT2D eigenvalue weighted by atomic mass is 35.5. The van der Waals surface area contributed by atoms with Crippen LogP contribution in [0.4, 0.5) is 5.69 Å². The molecule has 94 valence electrons. The largest absolute Gasteiger partial charge is 0.495 e. The highest BCUT2D eigenvalue weighted by molar-refractivity contribution is 6.32. The number of nitrogens with one attached hydrogen (secondary N) is 1. The second-order valence-electron chi connectivity index (χ2n) is 3.50. The predicted octanol–water partition coefficient (Wildman–Crippen LogP) is 3.91. The summed E-state index contributed by atoms with van der Waals surface area (Å²) >= 11 is 11.6. The predicted molar refractivity (Wildman–Crippen MR) is 72.7 cm³/mol. The third-order valence-electron chi connectivity index (χ3n) is 2.22. The molecule has 1 N–H and O–H groups in total. The van der Waals surface area contributed by atoms with E-state index in [1.54, 1.807) is 26.4 Å². The molecule has 3 nitrogen and oxygen atoms in total. The lowest BCUT2D eigenvalue weighted by Crippen LogP contribution is -2.04. The van der Waals surface area contributed by atoms with Gasteiger partial charge in [-0.3, -0.25) is 0 Å². The first kappa shape index (κ1) is 14.0. The Kier molecular flexibility index (Phi) is 5.45. The molecule has 0 aromatic heterocycles. The van der Waals surface area contributed by atoms with Gasteiger partial charge >= 0.3 is 0 Å². The Bertz CT molecular complexity index is 419. The standard InChI is InChI=1S/C12H15Cl2NO2/c1-8(6-13)7-15-10-4-9(14)11(16-2)5-12(10)17-3/h4-6,15H,7H2,1-3H3/b8-6+. The zero-order valence-electron chi connectivity index (χ0n) is 10.0. The summed E-state index contributed by atoms with van der Waals surface area (Å²) in [5, 5.41) is 3.72. The maximum absolute atomic E-state index is 6.05. The van der Waals surface area contributed by atoms with Crippen molar-refractivity contribution in [1.82, 2.24) is 0 Å². The maximum atomic E-state index is 6.05. The second-order valence-corrected chi connectivity index (χ2v) is 4.12. The first-order valence-corrected chi connectivity index (χ1v) is 5.85. The molecule has 0 radical (unpaired) electrons. The fraction of sp³-hybridized carbons (Fsp3) is 0.333. The number of rotatable bonds is 5. The minimum absolute atomic E-state index is 0.531. The summed E-state index contributed by atoms with van der Waals surface area (Å²) < 4.78 is 10.4. The molecule has 0 saturated heterocycles. The smallest absolute Gasteiger partial charge is 0.145 e. The molecule has 1 aromatic carbocycles. The summed E-state index contributed by atoms with van der Waals surface area (Å²) in [6.45, 7) is 2.56. The molecular weight excluding hydrogens is 261 g/mol. The first-order valence-electron chi connectivity index (χ1n) is 5.03. The SMILES string of the molecule is COc1cc(OC)c(NC/C(C)=C/Cl)cc1Cl. The molecule has 0 amide bonds. The first-order chi connectivity index (χ1) is 8.12. The average Bonchev–Trinajstić information content (AvgIpc) is 2.35. The van der Waals surface area contributed by atoms with Crippen molar-refractivity contribution in [3.8, 4) is 11.5 Å². The van der Waals surface area contributed by atoms with Crippen LogP contribution in [0.2, 0.25) is 5.02 Å². The van der Waals surface area contributed by atoms with Gasteiger partial charge in [-0.25, -0.2) is 0 Å². The van der Waals surface area contributed by atoms with Gasteiger partial charge in [-0.1, -0.05) is 23.2 Å². The van der Waals surface area contributed by atoms with Crippen LogP contribution in [0.1, 0.15) is 6.92 Å². The third-order valence-corrected chi connectivity index (χ3v) is 2.89. The Labute approximate surface area is 111 Å². The van der Waals surface area contributed by atoms with E-state index in [0.717, 1.165) is 11.3 Å². The fourth-order valence-electron chi connectivity index (χ4n) is 1.27. The molecule has 0 fully saturated rings. The number of halogens is 2. The van der Waals surface area contributed by atoms with E-state index in [1.165, 1.54) is 5.54 Å². The molecule has 0 aliphatic carbocycles. The molecule has 0 aliphatic heterocycles. The van der Waals surface area contributed by atoms with E-state index in [-0.39, 0.29) is 0 Å². The van der Waals surface area contributed by atoms with E-state index in [4.69, 9.17) is 32.7 Å². The van der Waals surface area contributed by atoms with Gasteiger partial charge in [0.2, 0.25) is 0 Å². The number of anilines is 1. The van der Waals surface area contributed by atoms with Gasteiger partial charge in [-0.15, -0.1) is 0 Å². The van der Waals surface area contributed by atoms with Crippen LogP contribution in [0.3, 0.4) is 0 Å². The number of benzene rings is 1. The molecule has 0 heterocycles. The van der Waals surface area contributed by atoms with Gasteiger partial charge in [-0.05, 0) is 18.6 Å². The van der Waals surface area contributed by atoms with Crippen LogP contribution < -0.4 is 14.8 Å². The van der Waals surface area contributed by atoms with E-state index >= 15 is 0 Å². The highest BCUT2D eigenvalue weighted by Gasteiger charge is 2.09. The van der Waals surface area contributed by atoms with Gasteiger partial charge in [-0.2, -0.15) is 0 Å². The number of ether oxygens (including phenoxy) is 2. The minimum Gasteiger partial charge on any atom is -0.495 e. The molecule has 0 atom stereocenters. The highest BCUT2D eigenvalue weighted by Crippen LogP contribution is 2.35. The summed E-state index contributed by atoms with van der Waals surface area (Å²) in [5.41, 5.74) is 3.35. The Morgan fingerprint density at radius 1 is 1.29 bits per heavy atom. The lowest BCUT2D eigenvalue weighted by Gasteiger charge is -2.13. The van der Waals surface area contributed by atoms with Crippen LogP contribution in [-0.4, -0.2) is 20.8 Å². The molecule has 0 aliphatic rings. The summed E-state index contributed by atoms with van der Waals surface area (Å²) in [5.74, 6) is 1.26. The molecular formula is C12H15Cl2NO2. The molecule has 0 bridgehead atoms. The lowest BCUT2D eigenvalue weighted by molar-refractivity contribution is 0.395. The van der Waals surface area contributed by atoms with Crippen molar-refractivity contribution < 1.29 is 9.47 Å². The minimum atomic E-state index is 0.531. The van der Waals surface area contributed by atoms with Crippen LogP contribution in [0.5, 0.6) is 11.5 Å². The van der Waals surface area contributed by atoms with E-state index < -0.39 is 0 Å². The molecule has 1 aromatic rings. The lowest BCUT2D eigenvalue weighted by atomic mass is 10.2. The number of hydrogen-bond donors (Lipinski definition) is 1. The van der Waals surface area contributed by atoms with Crippen LogP contribution in [0, 0.1) is 0 Å². The van der Waals surface area contributed by atoms with Gasteiger partial charge in [0.1, 0.15) is 11.5 Å². The molecule has 5 heteroatoms. The Morgan fingerprint density at radius 2 is 1.94 bits per heavy atom. The maximum Gasteiger partial charge on any atom is 0.145 e. The molecule has 17 heavy (non-hydrogen) atoms. The zero-order chi connectivity index (χ0) is 12.8. The summed E-state index contributed by atoms with van der Waals surface area (Å²) in [6.07, 6.45) is 0. The monoisotopic (exact) mass is 275 g/mol. The van der Waals surface area contributed by atoms with Crippen molar-refractivity contribution in [3.63, 3.8) is 0 Å². The quantitative estimate of drug-likeness (QED) is 0.884. The topological polar surface area (TPSA) is 30.5 Å². The van der Waals surface area contributed by atoms with Crippen molar-refractivity contribution in [2.75, 3.05) is 26.1 Å². The molecule has 1 rings (SSSR count). The molecule has 0 unspecified atom stereocenters. The molecule has 0 saturated carbocycles. The van der Waals surface area contributed by atoms with Crippen LogP contribution in [-0.2, 0) is 0 Å².